The van der Waals surface area contributed by atoms with Gasteiger partial charge in [0.25, 0.3) is 0 Å². The van der Waals surface area contributed by atoms with Crippen LogP contribution in [0.5, 0.6) is 0 Å². The summed E-state index contributed by atoms with van der Waals surface area (Å²) in [6, 6.07) is 0.125. The molecule has 1 aliphatic carbocycles. The quantitative estimate of drug-likeness (QED) is 0.835. The van der Waals surface area contributed by atoms with E-state index in [0.717, 1.165) is 25.7 Å². The molecule has 2 amide bonds. The van der Waals surface area contributed by atoms with Crippen LogP contribution in [0, 0.1) is 0 Å². The Morgan fingerprint density at radius 3 is 2.05 bits per heavy atom. The van der Waals surface area contributed by atoms with E-state index in [4.69, 9.17) is 0 Å². The molecule has 0 bridgehead atoms. The zero-order valence-corrected chi connectivity index (χ0v) is 12.5. The van der Waals surface area contributed by atoms with Crippen LogP contribution in [0.4, 0.5) is 4.79 Å². The second-order valence-electron chi connectivity index (χ2n) is 5.62. The molecule has 1 N–H and O–H groups in total. The molecule has 5 heteroatoms. The maximum atomic E-state index is 12.6. The Hall–Kier alpha value is -1.26. The van der Waals surface area contributed by atoms with E-state index in [0.29, 0.717) is 13.1 Å². The highest BCUT2D eigenvalue weighted by molar-refractivity contribution is 5.85. The zero-order valence-electron chi connectivity index (χ0n) is 12.5. The van der Waals surface area contributed by atoms with Gasteiger partial charge in [-0.3, -0.25) is 0 Å². The van der Waals surface area contributed by atoms with Crippen molar-refractivity contribution >= 4 is 12.0 Å². The molecule has 0 atom stereocenters. The Kier molecular flexibility index (Phi) is 5.20. The van der Waals surface area contributed by atoms with Gasteiger partial charge in [-0.1, -0.05) is 12.8 Å². The summed E-state index contributed by atoms with van der Waals surface area (Å²) in [6.45, 7) is 7.98. The third-order valence-electron chi connectivity index (χ3n) is 4.10. The Labute approximate surface area is 115 Å². The Morgan fingerprint density at radius 1 is 1.16 bits per heavy atom. The van der Waals surface area contributed by atoms with Gasteiger partial charge in [-0.25, -0.2) is 9.59 Å². The van der Waals surface area contributed by atoms with Gasteiger partial charge in [0.05, 0.1) is 0 Å². The number of aliphatic carboxylic acids is 1. The van der Waals surface area contributed by atoms with E-state index < -0.39 is 11.5 Å². The Morgan fingerprint density at radius 2 is 1.68 bits per heavy atom. The molecule has 0 heterocycles. The first-order valence-corrected chi connectivity index (χ1v) is 7.17. The van der Waals surface area contributed by atoms with Gasteiger partial charge in [-0.05, 0) is 40.5 Å². The second kappa shape index (κ2) is 6.26. The largest absolute Gasteiger partial charge is 0.480 e. The Balaban J connectivity index is 2.90. The minimum atomic E-state index is -1.17. The van der Waals surface area contributed by atoms with Gasteiger partial charge in [0.2, 0.25) is 0 Å². The molecule has 1 fully saturated rings. The van der Waals surface area contributed by atoms with Crippen molar-refractivity contribution < 1.29 is 14.7 Å². The maximum absolute atomic E-state index is 12.6. The summed E-state index contributed by atoms with van der Waals surface area (Å²) in [6.07, 6.45) is 4.38. The molecule has 1 rings (SSSR count). The lowest BCUT2D eigenvalue weighted by atomic mass is 10.0. The summed E-state index contributed by atoms with van der Waals surface area (Å²) in [5.74, 6) is -0.967. The van der Waals surface area contributed by atoms with Crippen molar-refractivity contribution in [3.63, 3.8) is 0 Å². The van der Waals surface area contributed by atoms with Gasteiger partial charge in [0, 0.05) is 19.1 Å². The number of carbonyl (C=O) groups excluding carboxylic acids is 1. The van der Waals surface area contributed by atoms with Gasteiger partial charge < -0.3 is 14.9 Å². The third-order valence-corrected chi connectivity index (χ3v) is 4.10. The van der Waals surface area contributed by atoms with Crippen LogP contribution in [0.3, 0.4) is 0 Å². The second-order valence-corrected chi connectivity index (χ2v) is 5.62. The fourth-order valence-corrected chi connectivity index (χ4v) is 2.81. The summed E-state index contributed by atoms with van der Waals surface area (Å²) >= 11 is 0. The predicted molar refractivity (Wildman–Crippen MR) is 74.1 cm³/mol. The van der Waals surface area contributed by atoms with Crippen LogP contribution < -0.4 is 0 Å². The summed E-state index contributed by atoms with van der Waals surface area (Å²) in [7, 11) is 0. The summed E-state index contributed by atoms with van der Waals surface area (Å²) < 4.78 is 0. The maximum Gasteiger partial charge on any atom is 0.329 e. The molecule has 1 saturated carbocycles. The molecule has 0 radical (unpaired) electrons. The number of hydrogen-bond donors (Lipinski definition) is 1. The molecule has 0 aromatic carbocycles. The van der Waals surface area contributed by atoms with Crippen molar-refractivity contribution in [3.05, 3.63) is 0 Å². The monoisotopic (exact) mass is 270 g/mol. The smallest absolute Gasteiger partial charge is 0.329 e. The molecule has 5 nitrogen and oxygen atoms in total. The first kappa shape index (κ1) is 15.8. The zero-order chi connectivity index (χ0) is 14.6. The molecule has 19 heavy (non-hydrogen) atoms. The topological polar surface area (TPSA) is 60.9 Å². The first-order chi connectivity index (χ1) is 8.86. The highest BCUT2D eigenvalue weighted by Crippen LogP contribution is 2.26. The van der Waals surface area contributed by atoms with E-state index in [2.05, 4.69) is 0 Å². The molecular formula is C14H26N2O3. The average Bonchev–Trinajstić information content (AvgIpc) is 2.84. The first-order valence-electron chi connectivity index (χ1n) is 7.17. The van der Waals surface area contributed by atoms with E-state index in [1.807, 2.05) is 18.7 Å². The summed E-state index contributed by atoms with van der Waals surface area (Å²) in [5.41, 5.74) is -1.17. The van der Waals surface area contributed by atoms with Gasteiger partial charge in [0.1, 0.15) is 5.54 Å². The number of carboxylic acid groups (broad SMARTS) is 1. The van der Waals surface area contributed by atoms with Crippen molar-refractivity contribution in [2.24, 2.45) is 0 Å². The van der Waals surface area contributed by atoms with Crippen LogP contribution in [-0.2, 0) is 4.79 Å². The molecule has 0 aliphatic heterocycles. The number of carboxylic acids is 1. The highest BCUT2D eigenvalue weighted by atomic mass is 16.4. The van der Waals surface area contributed by atoms with Crippen LogP contribution in [0.15, 0.2) is 0 Å². The Bertz CT molecular complexity index is 336. The van der Waals surface area contributed by atoms with E-state index >= 15 is 0 Å². The number of rotatable bonds is 5. The minimum Gasteiger partial charge on any atom is -0.480 e. The molecule has 0 unspecified atom stereocenters. The normalized spacial score (nSPS) is 16.4. The van der Waals surface area contributed by atoms with E-state index in [1.54, 1.807) is 13.8 Å². The highest BCUT2D eigenvalue weighted by Gasteiger charge is 2.40. The number of hydrogen-bond acceptors (Lipinski definition) is 2. The fourth-order valence-electron chi connectivity index (χ4n) is 2.81. The van der Waals surface area contributed by atoms with Gasteiger partial charge >= 0.3 is 12.0 Å². The van der Waals surface area contributed by atoms with E-state index in [-0.39, 0.29) is 12.1 Å². The molecule has 0 aromatic heterocycles. The van der Waals surface area contributed by atoms with Crippen molar-refractivity contribution in [1.82, 2.24) is 9.80 Å². The van der Waals surface area contributed by atoms with Crippen LogP contribution in [0.1, 0.15) is 53.4 Å². The van der Waals surface area contributed by atoms with Gasteiger partial charge in [0.15, 0.2) is 0 Å². The summed E-state index contributed by atoms with van der Waals surface area (Å²) in [4.78, 5) is 27.3. The number of amides is 2. The van der Waals surface area contributed by atoms with Gasteiger partial charge in [-0.2, -0.15) is 0 Å². The molecule has 1 aliphatic rings. The number of urea groups is 1. The SMILES string of the molecule is CCN(C(=O)N(CC)C(C)(C)C(=O)O)C1CCCC1. The van der Waals surface area contributed by atoms with Crippen LogP contribution in [0.2, 0.25) is 0 Å². The van der Waals surface area contributed by atoms with Crippen molar-refractivity contribution in [2.75, 3.05) is 13.1 Å². The number of carbonyl (C=O) groups is 2. The lowest BCUT2D eigenvalue weighted by Gasteiger charge is -2.39. The molecule has 0 spiro atoms. The minimum absolute atomic E-state index is 0.149. The fraction of sp³-hybridized carbons (Fsp3) is 0.857. The van der Waals surface area contributed by atoms with E-state index in [1.165, 1.54) is 4.90 Å². The summed E-state index contributed by atoms with van der Waals surface area (Å²) in [5, 5.41) is 9.30. The van der Waals surface area contributed by atoms with Crippen molar-refractivity contribution in [3.8, 4) is 0 Å². The van der Waals surface area contributed by atoms with Crippen LogP contribution in [-0.4, -0.2) is 51.6 Å². The van der Waals surface area contributed by atoms with Crippen molar-refractivity contribution in [1.29, 1.82) is 0 Å². The van der Waals surface area contributed by atoms with Crippen LogP contribution in [0.25, 0.3) is 0 Å². The average molecular weight is 270 g/mol. The van der Waals surface area contributed by atoms with Gasteiger partial charge in [-0.15, -0.1) is 0 Å². The third kappa shape index (κ3) is 3.19. The molecular weight excluding hydrogens is 244 g/mol. The number of likely N-dealkylation sites (N-methyl/N-ethyl adjacent to an activating group) is 1. The predicted octanol–water partition coefficient (Wildman–Crippen LogP) is 2.56. The van der Waals surface area contributed by atoms with Crippen molar-refractivity contribution in [2.45, 2.75) is 65.0 Å². The van der Waals surface area contributed by atoms with E-state index in [9.17, 15) is 14.7 Å². The standard InChI is InChI=1S/C14H26N2O3/c1-5-15(11-9-7-8-10-11)13(19)16(6-2)14(3,4)12(17)18/h11H,5-10H2,1-4H3,(H,17,18). The number of nitrogens with zero attached hydrogens (tertiary/aromatic N) is 2. The van der Waals surface area contributed by atoms with Crippen LogP contribution >= 0.6 is 0 Å². The lowest BCUT2D eigenvalue weighted by Crippen LogP contribution is -2.58. The molecule has 0 saturated heterocycles. The molecule has 110 valence electrons. The molecule has 0 aromatic rings. The lowest BCUT2D eigenvalue weighted by molar-refractivity contribution is -0.147.